The number of hydrogen-bond acceptors (Lipinski definition) is 5. The molecule has 0 spiro atoms. The highest BCUT2D eigenvalue weighted by Gasteiger charge is 2.37. The highest BCUT2D eigenvalue weighted by Crippen LogP contribution is 2.36. The molecule has 0 aliphatic carbocycles. The third-order valence-corrected chi connectivity index (χ3v) is 4.23. The lowest BCUT2D eigenvalue weighted by molar-refractivity contribution is -0.138. The molecule has 2 rings (SSSR count). The number of carboxylic acids is 1. The van der Waals surface area contributed by atoms with E-state index in [0.717, 1.165) is 19.3 Å². The number of rotatable bonds is 4. The average Bonchev–Trinajstić information content (AvgIpc) is 2.86. The Kier molecular flexibility index (Phi) is 4.46. The predicted octanol–water partition coefficient (Wildman–Crippen LogP) is 2.78. The molecule has 112 valence electrons. The van der Waals surface area contributed by atoms with Gasteiger partial charge in [-0.25, -0.2) is 0 Å². The summed E-state index contributed by atoms with van der Waals surface area (Å²) in [5, 5.41) is 14.8. The van der Waals surface area contributed by atoms with E-state index in [4.69, 9.17) is 5.11 Å². The van der Waals surface area contributed by atoms with Gasteiger partial charge in [0.2, 0.25) is 10.1 Å². The number of piperidine rings is 1. The Labute approximate surface area is 117 Å². The predicted molar refractivity (Wildman–Crippen MR) is 66.8 cm³/mol. The van der Waals surface area contributed by atoms with E-state index in [2.05, 4.69) is 10.2 Å². The lowest BCUT2D eigenvalue weighted by atomic mass is 9.98. The van der Waals surface area contributed by atoms with Gasteiger partial charge in [0, 0.05) is 19.0 Å². The van der Waals surface area contributed by atoms with Crippen LogP contribution in [-0.2, 0) is 11.0 Å². The molecule has 0 amide bonds. The van der Waals surface area contributed by atoms with Crippen LogP contribution in [0, 0.1) is 0 Å². The lowest BCUT2D eigenvalue weighted by Crippen LogP contribution is -2.39. The smallest absolute Gasteiger partial charge is 0.445 e. The number of aromatic nitrogens is 2. The van der Waals surface area contributed by atoms with Crippen molar-refractivity contribution in [1.82, 2.24) is 10.2 Å². The molecular formula is C11H14F3N3O2S. The number of carboxylic acid groups (broad SMARTS) is 1. The monoisotopic (exact) mass is 309 g/mol. The molecule has 5 nitrogen and oxygen atoms in total. The topological polar surface area (TPSA) is 66.3 Å². The van der Waals surface area contributed by atoms with Crippen LogP contribution in [0.4, 0.5) is 18.3 Å². The number of nitrogens with zero attached hydrogens (tertiary/aromatic N) is 3. The minimum absolute atomic E-state index is 0.00605. The van der Waals surface area contributed by atoms with E-state index in [1.807, 2.05) is 0 Å². The molecule has 9 heteroatoms. The first kappa shape index (κ1) is 15.0. The van der Waals surface area contributed by atoms with Gasteiger partial charge in [-0.1, -0.05) is 11.3 Å². The molecule has 0 bridgehead atoms. The van der Waals surface area contributed by atoms with Crippen LogP contribution in [0.15, 0.2) is 0 Å². The largest absolute Gasteiger partial charge is 0.481 e. The van der Waals surface area contributed by atoms with Gasteiger partial charge in [0.15, 0.2) is 0 Å². The van der Waals surface area contributed by atoms with Gasteiger partial charge in [-0.3, -0.25) is 4.79 Å². The highest BCUT2D eigenvalue weighted by molar-refractivity contribution is 7.15. The molecule has 1 saturated heterocycles. The van der Waals surface area contributed by atoms with E-state index >= 15 is 0 Å². The summed E-state index contributed by atoms with van der Waals surface area (Å²) in [7, 11) is 0. The zero-order valence-electron chi connectivity index (χ0n) is 10.6. The molecule has 2 heterocycles. The Morgan fingerprint density at radius 1 is 1.40 bits per heavy atom. The number of anilines is 1. The number of hydrogen-bond donors (Lipinski definition) is 1. The maximum absolute atomic E-state index is 12.5. The normalized spacial score (nSPS) is 20.1. The van der Waals surface area contributed by atoms with Gasteiger partial charge < -0.3 is 10.0 Å². The number of aliphatic carboxylic acids is 1. The van der Waals surface area contributed by atoms with Crippen LogP contribution in [0.5, 0.6) is 0 Å². The van der Waals surface area contributed by atoms with Crippen LogP contribution >= 0.6 is 11.3 Å². The van der Waals surface area contributed by atoms with E-state index in [1.165, 1.54) is 0 Å². The summed E-state index contributed by atoms with van der Waals surface area (Å²) in [5.74, 6) is -0.899. The molecule has 0 aromatic carbocycles. The Bertz CT molecular complexity index is 478. The van der Waals surface area contributed by atoms with Crippen LogP contribution in [0.3, 0.4) is 0 Å². The Morgan fingerprint density at radius 3 is 2.75 bits per heavy atom. The maximum Gasteiger partial charge on any atom is 0.445 e. The second-order valence-electron chi connectivity index (χ2n) is 4.66. The third-order valence-electron chi connectivity index (χ3n) is 3.22. The number of halogens is 3. The maximum atomic E-state index is 12.5. The van der Waals surface area contributed by atoms with Gasteiger partial charge in [0.25, 0.3) is 0 Å². The molecule has 0 radical (unpaired) electrons. The van der Waals surface area contributed by atoms with Crippen LogP contribution in [0.2, 0.25) is 0 Å². The minimum Gasteiger partial charge on any atom is -0.481 e. The van der Waals surface area contributed by atoms with Gasteiger partial charge in [-0.05, 0) is 25.7 Å². The first-order valence-electron chi connectivity index (χ1n) is 6.27. The Morgan fingerprint density at radius 2 is 2.15 bits per heavy atom. The number of carbonyl (C=O) groups is 1. The summed E-state index contributed by atoms with van der Waals surface area (Å²) in [5.41, 5.74) is 0. The van der Waals surface area contributed by atoms with Crippen LogP contribution in [-0.4, -0.2) is 33.9 Å². The standard InChI is InChI=1S/C11H14F3N3O2S/c12-11(13,14)9-15-16-10(20-9)17-6-2-1-3-7(17)4-5-8(18)19/h7H,1-6H2,(H,18,19). The Balaban J connectivity index is 2.11. The molecule has 20 heavy (non-hydrogen) atoms. The summed E-state index contributed by atoms with van der Waals surface area (Å²) in [6, 6.07) is -0.0751. The summed E-state index contributed by atoms with van der Waals surface area (Å²) < 4.78 is 37.6. The molecular weight excluding hydrogens is 295 g/mol. The van der Waals surface area contributed by atoms with Crippen molar-refractivity contribution in [2.45, 2.75) is 44.3 Å². The van der Waals surface area contributed by atoms with Crippen molar-refractivity contribution in [3.8, 4) is 0 Å². The summed E-state index contributed by atoms with van der Waals surface area (Å²) in [6.45, 7) is 0.594. The minimum atomic E-state index is -4.48. The van der Waals surface area contributed by atoms with Crippen molar-refractivity contribution in [3.63, 3.8) is 0 Å². The molecule has 1 fully saturated rings. The molecule has 1 aliphatic heterocycles. The molecule has 0 saturated carbocycles. The highest BCUT2D eigenvalue weighted by atomic mass is 32.1. The lowest BCUT2D eigenvalue weighted by Gasteiger charge is -2.35. The van der Waals surface area contributed by atoms with Crippen molar-refractivity contribution in [1.29, 1.82) is 0 Å². The van der Waals surface area contributed by atoms with Gasteiger partial charge in [-0.15, -0.1) is 10.2 Å². The zero-order valence-corrected chi connectivity index (χ0v) is 11.4. The average molecular weight is 309 g/mol. The van der Waals surface area contributed by atoms with E-state index in [9.17, 15) is 18.0 Å². The fraction of sp³-hybridized carbons (Fsp3) is 0.727. The SMILES string of the molecule is O=C(O)CCC1CCCCN1c1nnc(C(F)(F)F)s1. The second kappa shape index (κ2) is 5.94. The first-order valence-corrected chi connectivity index (χ1v) is 7.08. The van der Waals surface area contributed by atoms with Crippen LogP contribution in [0.25, 0.3) is 0 Å². The molecule has 1 aromatic heterocycles. The second-order valence-corrected chi connectivity index (χ2v) is 5.62. The summed E-state index contributed by atoms with van der Waals surface area (Å²) in [4.78, 5) is 12.4. The van der Waals surface area contributed by atoms with Gasteiger partial charge >= 0.3 is 12.1 Å². The van der Waals surface area contributed by atoms with E-state index in [1.54, 1.807) is 4.90 Å². The van der Waals surface area contributed by atoms with Gasteiger partial charge in [-0.2, -0.15) is 13.2 Å². The van der Waals surface area contributed by atoms with Crippen LogP contribution < -0.4 is 4.90 Å². The third kappa shape index (κ3) is 3.59. The van der Waals surface area contributed by atoms with Crippen LogP contribution in [0.1, 0.15) is 37.1 Å². The van der Waals surface area contributed by atoms with E-state index < -0.39 is 17.2 Å². The fourth-order valence-corrected chi connectivity index (χ4v) is 3.10. The van der Waals surface area contributed by atoms with Crippen molar-refractivity contribution < 1.29 is 23.1 Å². The van der Waals surface area contributed by atoms with Gasteiger partial charge in [0.1, 0.15) is 0 Å². The van der Waals surface area contributed by atoms with Crippen molar-refractivity contribution in [2.75, 3.05) is 11.4 Å². The van der Waals surface area contributed by atoms with Crippen molar-refractivity contribution in [2.24, 2.45) is 0 Å². The summed E-state index contributed by atoms with van der Waals surface area (Å²) in [6.07, 6.45) is -1.48. The molecule has 1 aromatic rings. The fourth-order valence-electron chi connectivity index (χ4n) is 2.29. The van der Waals surface area contributed by atoms with Crippen molar-refractivity contribution in [3.05, 3.63) is 5.01 Å². The quantitative estimate of drug-likeness (QED) is 0.926. The molecule has 1 atom stereocenters. The zero-order chi connectivity index (χ0) is 14.8. The number of alkyl halides is 3. The first-order chi connectivity index (χ1) is 9.38. The summed E-state index contributed by atoms with van der Waals surface area (Å²) >= 11 is 0.516. The van der Waals surface area contributed by atoms with Crippen molar-refractivity contribution >= 4 is 22.4 Å². The molecule has 1 N–H and O–H groups in total. The molecule has 1 unspecified atom stereocenters. The van der Waals surface area contributed by atoms with E-state index in [-0.39, 0.29) is 17.6 Å². The molecule has 1 aliphatic rings. The Hall–Kier alpha value is -1.38. The van der Waals surface area contributed by atoms with Gasteiger partial charge in [0.05, 0.1) is 0 Å². The van der Waals surface area contributed by atoms with E-state index in [0.29, 0.717) is 24.3 Å².